The Balaban J connectivity index is 1.59. The van der Waals surface area contributed by atoms with Gasteiger partial charge in [0.25, 0.3) is 0 Å². The van der Waals surface area contributed by atoms with Gasteiger partial charge < -0.3 is 5.32 Å². The van der Waals surface area contributed by atoms with Crippen molar-refractivity contribution in [3.63, 3.8) is 0 Å². The number of hydrogen-bond acceptors (Lipinski definition) is 7. The van der Waals surface area contributed by atoms with Crippen LogP contribution in [0.1, 0.15) is 5.69 Å². The number of thioether (sulfide) groups is 1. The molecule has 0 spiro atoms. The molecule has 3 rings (SSSR count). The number of amides is 1. The van der Waals surface area contributed by atoms with E-state index in [1.165, 1.54) is 46.6 Å². The van der Waals surface area contributed by atoms with Gasteiger partial charge in [-0.3, -0.25) is 4.79 Å². The summed E-state index contributed by atoms with van der Waals surface area (Å²) in [6.45, 7) is 3.65. The smallest absolute Gasteiger partial charge is 0.232 e. The van der Waals surface area contributed by atoms with Crippen molar-refractivity contribution >= 4 is 45.5 Å². The van der Waals surface area contributed by atoms with Gasteiger partial charge in [0.1, 0.15) is 10.8 Å². The van der Waals surface area contributed by atoms with E-state index in [1.54, 1.807) is 18.2 Å². The summed E-state index contributed by atoms with van der Waals surface area (Å²) in [5.74, 6) is 0.253. The van der Waals surface area contributed by atoms with Gasteiger partial charge >= 0.3 is 0 Å². The highest BCUT2D eigenvalue weighted by Crippen LogP contribution is 2.26. The molecule has 0 atom stereocenters. The first-order chi connectivity index (χ1) is 12.1. The molecule has 1 aromatic carbocycles. The molecule has 0 aliphatic heterocycles. The number of carbonyl (C=O) groups is 1. The standard InChI is InChI=1S/C16H13FN4OS3/c1-2-7-23-16-21-20-15(25-16)19-13(22)8-12-9-24-14(18-12)10-3-5-11(17)6-4-10/h2-6,9H,1,7-8H2,(H,19,20,22). The van der Waals surface area contributed by atoms with Gasteiger partial charge in [0.05, 0.1) is 12.1 Å². The van der Waals surface area contributed by atoms with Crippen LogP contribution in [0.15, 0.2) is 46.6 Å². The predicted molar refractivity (Wildman–Crippen MR) is 101 cm³/mol. The van der Waals surface area contributed by atoms with Crippen molar-refractivity contribution in [2.24, 2.45) is 0 Å². The van der Waals surface area contributed by atoms with Crippen molar-refractivity contribution in [2.75, 3.05) is 11.1 Å². The second kappa shape index (κ2) is 8.32. The zero-order chi connectivity index (χ0) is 17.6. The third-order valence-corrected chi connectivity index (χ3v) is 5.87. The first-order valence-electron chi connectivity index (χ1n) is 7.21. The van der Waals surface area contributed by atoms with Gasteiger partial charge in [0, 0.05) is 16.7 Å². The minimum absolute atomic E-state index is 0.145. The van der Waals surface area contributed by atoms with Crippen molar-refractivity contribution in [3.8, 4) is 10.6 Å². The van der Waals surface area contributed by atoms with Crippen LogP contribution >= 0.6 is 34.4 Å². The van der Waals surface area contributed by atoms with E-state index < -0.39 is 0 Å². The summed E-state index contributed by atoms with van der Waals surface area (Å²) in [6.07, 6.45) is 1.93. The molecule has 0 unspecified atom stereocenters. The average Bonchev–Trinajstić information content (AvgIpc) is 3.23. The van der Waals surface area contributed by atoms with Crippen molar-refractivity contribution < 1.29 is 9.18 Å². The van der Waals surface area contributed by atoms with Crippen LogP contribution in [0.3, 0.4) is 0 Å². The number of anilines is 1. The monoisotopic (exact) mass is 392 g/mol. The zero-order valence-electron chi connectivity index (χ0n) is 12.9. The van der Waals surface area contributed by atoms with Gasteiger partial charge in [-0.05, 0) is 24.3 Å². The van der Waals surface area contributed by atoms with E-state index in [-0.39, 0.29) is 18.1 Å². The van der Waals surface area contributed by atoms with Gasteiger partial charge in [-0.2, -0.15) is 0 Å². The highest BCUT2D eigenvalue weighted by Gasteiger charge is 2.12. The van der Waals surface area contributed by atoms with Crippen LogP contribution in [0, 0.1) is 5.82 Å². The largest absolute Gasteiger partial charge is 0.300 e. The first-order valence-corrected chi connectivity index (χ1v) is 9.89. The SMILES string of the molecule is C=CCSc1nnc(NC(=O)Cc2csc(-c3ccc(F)cc3)n2)s1. The lowest BCUT2D eigenvalue weighted by Crippen LogP contribution is -2.14. The Morgan fingerprint density at radius 1 is 1.32 bits per heavy atom. The molecule has 9 heteroatoms. The van der Waals surface area contributed by atoms with Crippen LogP contribution in [0.2, 0.25) is 0 Å². The van der Waals surface area contributed by atoms with Crippen LogP contribution in [-0.2, 0) is 11.2 Å². The number of thiazole rings is 1. The Labute approximate surface area is 156 Å². The van der Waals surface area contributed by atoms with Gasteiger partial charge in [-0.1, -0.05) is 29.2 Å². The summed E-state index contributed by atoms with van der Waals surface area (Å²) in [7, 11) is 0. The molecule has 5 nitrogen and oxygen atoms in total. The predicted octanol–water partition coefficient (Wildman–Crippen LogP) is 4.26. The molecule has 0 saturated carbocycles. The normalized spacial score (nSPS) is 10.6. The van der Waals surface area contributed by atoms with Crippen LogP contribution in [0.5, 0.6) is 0 Å². The van der Waals surface area contributed by atoms with Crippen LogP contribution in [0.4, 0.5) is 9.52 Å². The van der Waals surface area contributed by atoms with Crippen molar-refractivity contribution in [1.82, 2.24) is 15.2 Å². The van der Waals surface area contributed by atoms with Crippen molar-refractivity contribution in [3.05, 3.63) is 53.8 Å². The lowest BCUT2D eigenvalue weighted by Gasteiger charge is -1.98. The molecule has 1 N–H and O–H groups in total. The van der Waals surface area contributed by atoms with Crippen LogP contribution in [-0.4, -0.2) is 26.8 Å². The molecular formula is C16H13FN4OS3. The second-order valence-corrected chi connectivity index (χ2v) is 7.95. The van der Waals surface area contributed by atoms with E-state index >= 15 is 0 Å². The zero-order valence-corrected chi connectivity index (χ0v) is 15.4. The van der Waals surface area contributed by atoms with E-state index in [2.05, 4.69) is 27.1 Å². The second-order valence-electron chi connectivity index (χ2n) is 4.85. The van der Waals surface area contributed by atoms with Gasteiger partial charge in [0.15, 0.2) is 4.34 Å². The number of carbonyl (C=O) groups excluding carboxylic acids is 1. The van der Waals surface area contributed by atoms with E-state index in [9.17, 15) is 9.18 Å². The molecule has 0 aliphatic carbocycles. The number of hydrogen-bond donors (Lipinski definition) is 1. The van der Waals surface area contributed by atoms with E-state index in [0.29, 0.717) is 10.8 Å². The Morgan fingerprint density at radius 2 is 2.12 bits per heavy atom. The Morgan fingerprint density at radius 3 is 2.88 bits per heavy atom. The molecular weight excluding hydrogens is 379 g/mol. The quantitative estimate of drug-likeness (QED) is 0.370. The summed E-state index contributed by atoms with van der Waals surface area (Å²) < 4.78 is 13.8. The number of nitrogens with zero attached hydrogens (tertiary/aromatic N) is 3. The lowest BCUT2D eigenvalue weighted by atomic mass is 10.2. The molecule has 25 heavy (non-hydrogen) atoms. The summed E-state index contributed by atoms with van der Waals surface area (Å²) in [5.41, 5.74) is 1.48. The number of rotatable bonds is 7. The van der Waals surface area contributed by atoms with Crippen LogP contribution in [0.25, 0.3) is 10.6 Å². The average molecular weight is 393 g/mol. The summed E-state index contributed by atoms with van der Waals surface area (Å²) >= 11 is 4.25. The molecule has 0 saturated heterocycles. The van der Waals surface area contributed by atoms with Gasteiger partial charge in [-0.25, -0.2) is 9.37 Å². The number of halogens is 1. The summed E-state index contributed by atoms with van der Waals surface area (Å²) in [5, 5.41) is 13.7. The maximum absolute atomic E-state index is 13.0. The minimum Gasteiger partial charge on any atom is -0.300 e. The Bertz CT molecular complexity index is 876. The Hall–Kier alpha value is -2.10. The van der Waals surface area contributed by atoms with Gasteiger partial charge in [-0.15, -0.1) is 28.1 Å². The van der Waals surface area contributed by atoms with E-state index in [0.717, 1.165) is 20.7 Å². The number of nitrogens with one attached hydrogen (secondary N) is 1. The highest BCUT2D eigenvalue weighted by molar-refractivity contribution is 8.01. The Kier molecular flexibility index (Phi) is 5.90. The van der Waals surface area contributed by atoms with Crippen molar-refractivity contribution in [2.45, 2.75) is 10.8 Å². The lowest BCUT2D eigenvalue weighted by molar-refractivity contribution is -0.115. The molecule has 1 amide bonds. The molecule has 128 valence electrons. The fraction of sp³-hybridized carbons (Fsp3) is 0.125. The molecule has 0 radical (unpaired) electrons. The number of benzene rings is 1. The fourth-order valence-corrected chi connectivity index (χ4v) is 4.25. The molecule has 0 bridgehead atoms. The van der Waals surface area contributed by atoms with E-state index in [4.69, 9.17) is 0 Å². The van der Waals surface area contributed by atoms with Crippen LogP contribution < -0.4 is 5.32 Å². The summed E-state index contributed by atoms with van der Waals surface area (Å²) in [4.78, 5) is 16.5. The minimum atomic E-state index is -0.289. The fourth-order valence-electron chi connectivity index (χ4n) is 1.89. The van der Waals surface area contributed by atoms with Crippen molar-refractivity contribution in [1.29, 1.82) is 0 Å². The molecule has 3 aromatic rings. The summed E-state index contributed by atoms with van der Waals surface area (Å²) in [6, 6.07) is 6.12. The third kappa shape index (κ3) is 4.94. The molecule has 2 heterocycles. The maximum atomic E-state index is 13.0. The third-order valence-electron chi connectivity index (χ3n) is 2.96. The highest BCUT2D eigenvalue weighted by atomic mass is 32.2. The topological polar surface area (TPSA) is 67.8 Å². The first kappa shape index (κ1) is 17.7. The molecule has 0 fully saturated rings. The molecule has 0 aliphatic rings. The molecule has 2 aromatic heterocycles. The van der Waals surface area contributed by atoms with E-state index in [1.807, 2.05) is 5.38 Å². The number of aromatic nitrogens is 3. The van der Waals surface area contributed by atoms with Gasteiger partial charge in [0.2, 0.25) is 11.0 Å². The maximum Gasteiger partial charge on any atom is 0.232 e.